The third kappa shape index (κ3) is 8.29. The van der Waals surface area contributed by atoms with Crippen molar-refractivity contribution in [2.45, 2.75) is 35.9 Å². The minimum atomic E-state index is -3.82. The molecule has 1 heterocycles. The second kappa shape index (κ2) is 15.8. The Morgan fingerprint density at radius 1 is 0.958 bits per heavy atom. The summed E-state index contributed by atoms with van der Waals surface area (Å²) in [6.45, 7) is 0.556. The SMILES string of the molecule is COc1cccc([C@@H]2OC(c3ccc(OCCCO)cc3)=N[C@]2(CCS(=O)(=O)c2ccccc2)C(=O)NNCc2ccc(Cl)c(Cl)c2)c1. The van der Waals surface area contributed by atoms with Crippen LogP contribution in [0.15, 0.2) is 107 Å². The zero-order valence-electron chi connectivity index (χ0n) is 26.1. The van der Waals surface area contributed by atoms with E-state index in [1.165, 1.54) is 19.2 Å². The number of amides is 1. The van der Waals surface area contributed by atoms with E-state index in [0.717, 1.165) is 5.56 Å². The number of nitrogens with zero attached hydrogens (tertiary/aromatic N) is 1. The van der Waals surface area contributed by atoms with Crippen molar-refractivity contribution in [3.8, 4) is 11.5 Å². The lowest BCUT2D eigenvalue weighted by Gasteiger charge is -2.30. The van der Waals surface area contributed by atoms with Crippen molar-refractivity contribution in [3.63, 3.8) is 0 Å². The summed E-state index contributed by atoms with van der Waals surface area (Å²) in [6.07, 6.45) is -0.749. The summed E-state index contributed by atoms with van der Waals surface area (Å²) in [5.74, 6) is 0.270. The summed E-state index contributed by atoms with van der Waals surface area (Å²) < 4.78 is 44.7. The number of hydrogen-bond donors (Lipinski definition) is 3. The fourth-order valence-corrected chi connectivity index (χ4v) is 6.90. The highest BCUT2D eigenvalue weighted by Gasteiger charge is 2.53. The smallest absolute Gasteiger partial charge is 0.266 e. The molecule has 0 aromatic heterocycles. The molecule has 1 amide bonds. The molecule has 0 saturated heterocycles. The van der Waals surface area contributed by atoms with Crippen LogP contribution in [0.4, 0.5) is 0 Å². The van der Waals surface area contributed by atoms with Crippen LogP contribution in [0.2, 0.25) is 10.0 Å². The second-order valence-electron chi connectivity index (χ2n) is 11.0. The number of nitrogens with one attached hydrogen (secondary N) is 2. The van der Waals surface area contributed by atoms with E-state index in [9.17, 15) is 13.2 Å². The first-order valence-electron chi connectivity index (χ1n) is 15.1. The Bertz CT molecular complexity index is 1860. The molecule has 0 saturated carbocycles. The van der Waals surface area contributed by atoms with E-state index in [0.29, 0.717) is 45.7 Å². The van der Waals surface area contributed by atoms with Crippen molar-refractivity contribution in [3.05, 3.63) is 124 Å². The van der Waals surface area contributed by atoms with Crippen molar-refractivity contribution >= 4 is 44.8 Å². The van der Waals surface area contributed by atoms with Gasteiger partial charge in [-0.1, -0.05) is 59.6 Å². The Labute approximate surface area is 289 Å². The number of carbonyl (C=O) groups excluding carboxylic acids is 1. The van der Waals surface area contributed by atoms with Crippen LogP contribution >= 0.6 is 23.2 Å². The second-order valence-corrected chi connectivity index (χ2v) is 13.9. The van der Waals surface area contributed by atoms with Gasteiger partial charge >= 0.3 is 0 Å². The first kappa shape index (κ1) is 35.2. The van der Waals surface area contributed by atoms with Crippen molar-refractivity contribution in [1.29, 1.82) is 0 Å². The average Bonchev–Trinajstić information content (AvgIpc) is 3.51. The molecule has 13 heteroatoms. The number of aliphatic hydroxyl groups is 1. The molecule has 1 aliphatic heterocycles. The van der Waals surface area contributed by atoms with Gasteiger partial charge in [0, 0.05) is 31.6 Å². The maximum Gasteiger partial charge on any atom is 0.266 e. The first-order valence-corrected chi connectivity index (χ1v) is 17.6. The molecule has 1 aliphatic rings. The van der Waals surface area contributed by atoms with Gasteiger partial charge in [-0.2, -0.15) is 0 Å². The van der Waals surface area contributed by atoms with Gasteiger partial charge in [0.15, 0.2) is 21.5 Å². The van der Waals surface area contributed by atoms with Crippen LogP contribution in [0.5, 0.6) is 11.5 Å². The number of methoxy groups -OCH3 is 1. The summed E-state index contributed by atoms with van der Waals surface area (Å²) in [6, 6.07) is 27.1. The van der Waals surface area contributed by atoms with Crippen molar-refractivity contribution in [2.75, 3.05) is 26.1 Å². The predicted octanol–water partition coefficient (Wildman–Crippen LogP) is 5.71. The standard InChI is InChI=1S/C35H35Cl2N3O7S/c1-45-28-8-5-7-26(22-28)32-35(17-20-48(43,44)29-9-3-2-4-10-29,34(42)40-38-23-24-11-16-30(36)31(37)21-24)39-33(47-32)25-12-14-27(15-13-25)46-19-6-18-41/h2-5,7-16,21-22,32,38,41H,6,17-20,23H2,1H3,(H,40,42)/t32-,35-/m0/s1. The zero-order valence-corrected chi connectivity index (χ0v) is 28.4. The van der Waals surface area contributed by atoms with Crippen LogP contribution in [0.1, 0.15) is 35.6 Å². The van der Waals surface area contributed by atoms with Gasteiger partial charge in [0.2, 0.25) is 5.90 Å². The van der Waals surface area contributed by atoms with Crippen LogP contribution in [0, 0.1) is 0 Å². The number of carbonyl (C=O) groups is 1. The van der Waals surface area contributed by atoms with Crippen molar-refractivity contribution in [1.82, 2.24) is 10.9 Å². The van der Waals surface area contributed by atoms with Gasteiger partial charge in [0.1, 0.15) is 11.5 Å². The van der Waals surface area contributed by atoms with Gasteiger partial charge in [-0.25, -0.2) is 18.8 Å². The summed E-state index contributed by atoms with van der Waals surface area (Å²) in [7, 11) is -2.29. The monoisotopic (exact) mass is 711 g/mol. The summed E-state index contributed by atoms with van der Waals surface area (Å²) >= 11 is 12.2. The molecule has 5 rings (SSSR count). The van der Waals surface area contributed by atoms with Gasteiger partial charge in [-0.15, -0.1) is 0 Å². The Morgan fingerprint density at radius 3 is 2.44 bits per heavy atom. The molecule has 4 aromatic rings. The Morgan fingerprint density at radius 2 is 1.73 bits per heavy atom. The fourth-order valence-electron chi connectivity index (χ4n) is 5.19. The molecule has 2 atom stereocenters. The number of sulfone groups is 1. The zero-order chi connectivity index (χ0) is 34.1. The van der Waals surface area contributed by atoms with Crippen LogP contribution in [-0.2, 0) is 25.9 Å². The van der Waals surface area contributed by atoms with Gasteiger partial charge in [0.25, 0.3) is 5.91 Å². The van der Waals surface area contributed by atoms with Gasteiger partial charge in [-0.3, -0.25) is 10.2 Å². The van der Waals surface area contributed by atoms with E-state index in [2.05, 4.69) is 10.9 Å². The molecular weight excluding hydrogens is 677 g/mol. The Hall–Kier alpha value is -4.13. The predicted molar refractivity (Wildman–Crippen MR) is 184 cm³/mol. The molecule has 3 N–H and O–H groups in total. The molecule has 10 nitrogen and oxygen atoms in total. The molecule has 0 aliphatic carbocycles. The lowest BCUT2D eigenvalue weighted by Crippen LogP contribution is -2.53. The van der Waals surface area contributed by atoms with E-state index in [4.69, 9.17) is 47.5 Å². The maximum absolute atomic E-state index is 14.4. The van der Waals surface area contributed by atoms with Gasteiger partial charge in [0.05, 0.1) is 34.4 Å². The topological polar surface area (TPSA) is 136 Å². The third-order valence-electron chi connectivity index (χ3n) is 7.76. The minimum absolute atomic E-state index is 0.0147. The van der Waals surface area contributed by atoms with E-state index >= 15 is 0 Å². The Kier molecular flexibility index (Phi) is 11.6. The van der Waals surface area contributed by atoms with E-state index < -0.39 is 33.1 Å². The lowest BCUT2D eigenvalue weighted by molar-refractivity contribution is -0.130. The Balaban J connectivity index is 1.52. The number of rotatable bonds is 15. The van der Waals surface area contributed by atoms with Crippen molar-refractivity contribution in [2.24, 2.45) is 4.99 Å². The maximum atomic E-state index is 14.4. The van der Waals surface area contributed by atoms with E-state index in [1.54, 1.807) is 84.9 Å². The number of ether oxygens (including phenoxy) is 3. The van der Waals surface area contributed by atoms with E-state index in [1.807, 2.05) is 0 Å². The quantitative estimate of drug-likeness (QED) is 0.106. The molecule has 0 unspecified atom stereocenters. The number of halogens is 2. The lowest BCUT2D eigenvalue weighted by atomic mass is 9.85. The normalized spacial score (nSPS) is 17.3. The van der Waals surface area contributed by atoms with Crippen LogP contribution in [-0.4, -0.2) is 56.9 Å². The summed E-state index contributed by atoms with van der Waals surface area (Å²) in [5, 5.41) is 9.83. The van der Waals surface area contributed by atoms with E-state index in [-0.39, 0.29) is 30.4 Å². The van der Waals surface area contributed by atoms with Crippen LogP contribution in [0.3, 0.4) is 0 Å². The van der Waals surface area contributed by atoms with Gasteiger partial charge in [-0.05, 0) is 71.8 Å². The highest BCUT2D eigenvalue weighted by Crippen LogP contribution is 2.43. The molecule has 0 fully saturated rings. The van der Waals surface area contributed by atoms with Crippen LogP contribution < -0.4 is 20.3 Å². The molecule has 0 spiro atoms. The first-order chi connectivity index (χ1) is 23.1. The number of aliphatic imine (C=N–C) groups is 1. The minimum Gasteiger partial charge on any atom is -0.497 e. The van der Waals surface area contributed by atoms with Crippen molar-refractivity contribution < 1.29 is 32.5 Å². The fraction of sp³-hybridized carbons (Fsp3) is 0.257. The molecular formula is C35H35Cl2N3O7S. The highest BCUT2D eigenvalue weighted by molar-refractivity contribution is 7.91. The van der Waals surface area contributed by atoms with Crippen LogP contribution in [0.25, 0.3) is 0 Å². The van der Waals surface area contributed by atoms with Gasteiger partial charge < -0.3 is 19.3 Å². The number of aliphatic hydroxyl groups excluding tert-OH is 1. The highest BCUT2D eigenvalue weighted by atomic mass is 35.5. The number of hydrazine groups is 1. The number of benzene rings is 4. The summed E-state index contributed by atoms with van der Waals surface area (Å²) in [5.41, 5.74) is 5.81. The molecule has 48 heavy (non-hydrogen) atoms. The third-order valence-corrected chi connectivity index (χ3v) is 10.2. The molecule has 4 aromatic carbocycles. The molecule has 252 valence electrons. The molecule has 0 radical (unpaired) electrons. The largest absolute Gasteiger partial charge is 0.497 e. The number of hydrogen-bond acceptors (Lipinski definition) is 9. The summed E-state index contributed by atoms with van der Waals surface area (Å²) in [4.78, 5) is 19.4. The average molecular weight is 713 g/mol. The molecule has 0 bridgehead atoms.